The molecule has 0 fully saturated rings. The molecule has 0 saturated heterocycles. The molecule has 21 heavy (non-hydrogen) atoms. The van der Waals surface area contributed by atoms with Crippen LogP contribution in [0, 0.1) is 6.92 Å². The second-order valence-corrected chi connectivity index (χ2v) is 4.29. The molecule has 2 aromatic heterocycles. The molecule has 2 heterocycles. The van der Waals surface area contributed by atoms with Crippen LogP contribution in [0.2, 0.25) is 0 Å². The number of hydrogen-bond acceptors (Lipinski definition) is 5. The number of anilines is 1. The molecule has 8 heteroatoms. The Balaban J connectivity index is 1.67. The summed E-state index contributed by atoms with van der Waals surface area (Å²) >= 11 is 0. The summed E-state index contributed by atoms with van der Waals surface area (Å²) in [4.78, 5) is 15.0. The van der Waals surface area contributed by atoms with Gasteiger partial charge in [0, 0.05) is 17.6 Å². The fraction of sp³-hybridized carbons (Fsp3) is 0.0769. The Bertz CT molecular complexity index is 732. The molecule has 8 nitrogen and oxygen atoms in total. The predicted octanol–water partition coefficient (Wildman–Crippen LogP) is 1.88. The highest BCUT2D eigenvalue weighted by molar-refractivity contribution is 6.05. The van der Waals surface area contributed by atoms with Gasteiger partial charge < -0.3 is 15.0 Å². The molecule has 0 aliphatic rings. The highest BCUT2D eigenvalue weighted by Gasteiger charge is 2.10. The van der Waals surface area contributed by atoms with Crippen molar-refractivity contribution >= 4 is 11.6 Å². The molecule has 1 aromatic carbocycles. The molecule has 3 N–H and O–H groups in total. The lowest BCUT2D eigenvalue weighted by Crippen LogP contribution is -2.12. The van der Waals surface area contributed by atoms with Gasteiger partial charge in [-0.25, -0.2) is 0 Å². The minimum Gasteiger partial charge on any atom is -0.422 e. The van der Waals surface area contributed by atoms with Gasteiger partial charge in [0.15, 0.2) is 0 Å². The lowest BCUT2D eigenvalue weighted by Gasteiger charge is -2.06. The zero-order valence-electron chi connectivity index (χ0n) is 11.1. The molecule has 0 saturated carbocycles. The van der Waals surface area contributed by atoms with Crippen LogP contribution in [0.5, 0.6) is 11.8 Å². The zero-order chi connectivity index (χ0) is 14.7. The number of carbonyl (C=O) groups is 1. The van der Waals surface area contributed by atoms with Crippen molar-refractivity contribution < 1.29 is 9.53 Å². The molecule has 0 unspecified atom stereocenters. The Morgan fingerprint density at radius 3 is 2.67 bits per heavy atom. The number of nitrogens with zero attached hydrogens (tertiary/aromatic N) is 3. The number of amides is 1. The maximum absolute atomic E-state index is 12.0. The van der Waals surface area contributed by atoms with E-state index in [0.717, 1.165) is 5.69 Å². The number of aryl methyl sites for hydroxylation is 1. The maximum Gasteiger partial charge on any atom is 0.361 e. The molecular weight excluding hydrogens is 272 g/mol. The van der Waals surface area contributed by atoms with Crippen LogP contribution < -0.4 is 10.1 Å². The summed E-state index contributed by atoms with van der Waals surface area (Å²) in [7, 11) is 0. The number of carbonyl (C=O) groups excluding carboxylic acids is 1. The number of benzene rings is 1. The van der Waals surface area contributed by atoms with Gasteiger partial charge >= 0.3 is 6.01 Å². The Morgan fingerprint density at radius 1 is 1.24 bits per heavy atom. The number of hydrogen-bond donors (Lipinski definition) is 3. The highest BCUT2D eigenvalue weighted by atomic mass is 16.5. The summed E-state index contributed by atoms with van der Waals surface area (Å²) in [6.07, 6.45) is 1.73. The van der Waals surface area contributed by atoms with Crippen molar-refractivity contribution in [1.29, 1.82) is 0 Å². The smallest absolute Gasteiger partial charge is 0.361 e. The predicted molar refractivity (Wildman–Crippen MR) is 74.2 cm³/mol. The topological polar surface area (TPSA) is 109 Å². The Hall–Kier alpha value is -3.16. The lowest BCUT2D eigenvalue weighted by molar-refractivity contribution is 0.102. The summed E-state index contributed by atoms with van der Waals surface area (Å²) in [6.45, 7) is 1.84. The normalized spacial score (nSPS) is 10.3. The highest BCUT2D eigenvalue weighted by Crippen LogP contribution is 2.20. The molecule has 0 bridgehead atoms. The van der Waals surface area contributed by atoms with Crippen LogP contribution in [0.4, 0.5) is 5.69 Å². The summed E-state index contributed by atoms with van der Waals surface area (Å²) in [6, 6.07) is 8.74. The van der Waals surface area contributed by atoms with Gasteiger partial charge in [0.25, 0.3) is 5.91 Å². The first-order valence-corrected chi connectivity index (χ1v) is 6.19. The van der Waals surface area contributed by atoms with Crippen molar-refractivity contribution in [2.75, 3.05) is 5.32 Å². The van der Waals surface area contributed by atoms with Crippen molar-refractivity contribution in [3.8, 4) is 11.8 Å². The first kappa shape index (κ1) is 12.9. The Labute approximate surface area is 119 Å². The van der Waals surface area contributed by atoms with Crippen LogP contribution in [0.15, 0.2) is 36.5 Å². The molecule has 0 spiro atoms. The quantitative estimate of drug-likeness (QED) is 0.677. The standard InChI is InChI=1S/C13H12N6O2/c1-8-11(6-7-14-8)12(20)15-9-2-4-10(5-3-9)21-13-16-18-19-17-13/h2-7,14H,1H3,(H,15,20)(H,16,17,18,19). The van der Waals surface area contributed by atoms with Gasteiger partial charge in [-0.3, -0.25) is 4.79 Å². The SMILES string of the molecule is Cc1[nH]ccc1C(=O)Nc1ccc(Oc2nn[nH]n2)cc1. The summed E-state index contributed by atoms with van der Waals surface area (Å²) < 4.78 is 5.34. The van der Waals surface area contributed by atoms with E-state index in [1.807, 2.05) is 6.92 Å². The van der Waals surface area contributed by atoms with Crippen molar-refractivity contribution in [2.24, 2.45) is 0 Å². The van der Waals surface area contributed by atoms with E-state index in [1.54, 1.807) is 36.5 Å². The molecule has 106 valence electrons. The van der Waals surface area contributed by atoms with Gasteiger partial charge in [-0.15, -0.1) is 0 Å². The average Bonchev–Trinajstić information content (AvgIpc) is 3.12. The minimum atomic E-state index is -0.166. The Morgan fingerprint density at radius 2 is 2.05 bits per heavy atom. The van der Waals surface area contributed by atoms with Gasteiger partial charge in [-0.1, -0.05) is 10.2 Å². The number of rotatable bonds is 4. The van der Waals surface area contributed by atoms with Crippen molar-refractivity contribution in [3.05, 3.63) is 47.8 Å². The summed E-state index contributed by atoms with van der Waals surface area (Å²) in [5.74, 6) is 0.382. The first-order valence-electron chi connectivity index (χ1n) is 6.19. The first-order chi connectivity index (χ1) is 10.2. The van der Waals surface area contributed by atoms with Crippen LogP contribution >= 0.6 is 0 Å². The van der Waals surface area contributed by atoms with Crippen molar-refractivity contribution in [3.63, 3.8) is 0 Å². The van der Waals surface area contributed by atoms with Crippen LogP contribution in [0.1, 0.15) is 16.1 Å². The molecule has 1 amide bonds. The zero-order valence-corrected chi connectivity index (χ0v) is 11.1. The van der Waals surface area contributed by atoms with Gasteiger partial charge in [-0.2, -0.15) is 5.21 Å². The monoisotopic (exact) mass is 284 g/mol. The fourth-order valence-electron chi connectivity index (χ4n) is 1.80. The number of tetrazole rings is 1. The van der Waals surface area contributed by atoms with E-state index in [9.17, 15) is 4.79 Å². The number of ether oxygens (including phenoxy) is 1. The molecule has 0 aliphatic heterocycles. The van der Waals surface area contributed by atoms with Gasteiger partial charge in [0.1, 0.15) is 5.75 Å². The van der Waals surface area contributed by atoms with E-state index in [2.05, 4.69) is 30.9 Å². The molecule has 0 aliphatic carbocycles. The van der Waals surface area contributed by atoms with E-state index in [-0.39, 0.29) is 11.9 Å². The largest absolute Gasteiger partial charge is 0.422 e. The average molecular weight is 284 g/mol. The van der Waals surface area contributed by atoms with E-state index in [1.165, 1.54) is 0 Å². The number of nitrogens with one attached hydrogen (secondary N) is 3. The van der Waals surface area contributed by atoms with Crippen molar-refractivity contribution in [2.45, 2.75) is 6.92 Å². The van der Waals surface area contributed by atoms with Crippen molar-refractivity contribution in [1.82, 2.24) is 25.6 Å². The maximum atomic E-state index is 12.0. The molecule has 3 rings (SSSR count). The number of aromatic nitrogens is 5. The minimum absolute atomic E-state index is 0.134. The van der Waals surface area contributed by atoms with Gasteiger partial charge in [0.2, 0.25) is 0 Å². The second-order valence-electron chi connectivity index (χ2n) is 4.29. The van der Waals surface area contributed by atoms with Gasteiger partial charge in [0.05, 0.1) is 5.56 Å². The molecule has 3 aromatic rings. The van der Waals surface area contributed by atoms with E-state index in [0.29, 0.717) is 17.0 Å². The third-order valence-electron chi connectivity index (χ3n) is 2.85. The van der Waals surface area contributed by atoms with E-state index < -0.39 is 0 Å². The van der Waals surface area contributed by atoms with Gasteiger partial charge in [-0.05, 0) is 42.5 Å². The molecule has 0 radical (unpaired) electrons. The third-order valence-corrected chi connectivity index (χ3v) is 2.85. The van der Waals surface area contributed by atoms with Crippen LogP contribution in [0.25, 0.3) is 0 Å². The van der Waals surface area contributed by atoms with E-state index in [4.69, 9.17) is 4.74 Å². The lowest BCUT2D eigenvalue weighted by atomic mass is 10.2. The molecule has 0 atom stereocenters. The fourth-order valence-corrected chi connectivity index (χ4v) is 1.80. The van der Waals surface area contributed by atoms with Crippen LogP contribution in [-0.4, -0.2) is 31.5 Å². The third kappa shape index (κ3) is 2.89. The van der Waals surface area contributed by atoms with Crippen LogP contribution in [-0.2, 0) is 0 Å². The number of H-pyrrole nitrogens is 2. The van der Waals surface area contributed by atoms with E-state index >= 15 is 0 Å². The van der Waals surface area contributed by atoms with Crippen LogP contribution in [0.3, 0.4) is 0 Å². The number of aromatic amines is 2. The second kappa shape index (κ2) is 5.45. The molecular formula is C13H12N6O2. The Kier molecular flexibility index (Phi) is 3.34. The summed E-state index contributed by atoms with van der Waals surface area (Å²) in [5, 5.41) is 15.9. The summed E-state index contributed by atoms with van der Waals surface area (Å²) in [5.41, 5.74) is 2.10.